The maximum atomic E-state index is 6.27. The normalized spacial score (nSPS) is 32.8. The topological polar surface area (TPSA) is 78.6 Å². The summed E-state index contributed by atoms with van der Waals surface area (Å²) in [6.45, 7) is 1.82. The predicted octanol–water partition coefficient (Wildman–Crippen LogP) is 2.26. The van der Waals surface area contributed by atoms with Gasteiger partial charge in [0.15, 0.2) is 6.35 Å². The number of halogens is 1. The van der Waals surface area contributed by atoms with E-state index in [1.807, 2.05) is 24.4 Å². The fourth-order valence-corrected chi connectivity index (χ4v) is 4.59. The number of rotatable bonds is 1. The molecule has 1 aromatic carbocycles. The Bertz CT molecular complexity index is 849. The van der Waals surface area contributed by atoms with Crippen LogP contribution in [-0.2, 0) is 15.0 Å². The fourth-order valence-electron chi connectivity index (χ4n) is 4.41. The third kappa shape index (κ3) is 2.52. The van der Waals surface area contributed by atoms with E-state index in [1.54, 1.807) is 6.20 Å². The van der Waals surface area contributed by atoms with E-state index in [1.165, 1.54) is 0 Å². The highest BCUT2D eigenvalue weighted by molar-refractivity contribution is 6.30. The van der Waals surface area contributed by atoms with Crippen LogP contribution in [0, 0.1) is 5.92 Å². The van der Waals surface area contributed by atoms with Gasteiger partial charge in [-0.25, -0.2) is 0 Å². The highest BCUT2D eigenvalue weighted by atomic mass is 35.5. The molecule has 1 spiro atoms. The van der Waals surface area contributed by atoms with Gasteiger partial charge < -0.3 is 14.2 Å². The Morgan fingerprint density at radius 2 is 2.15 bits per heavy atom. The summed E-state index contributed by atoms with van der Waals surface area (Å²) in [4.78, 5) is 4.20. The van der Waals surface area contributed by atoms with Gasteiger partial charge in [-0.15, -0.1) is 0 Å². The van der Waals surface area contributed by atoms with Gasteiger partial charge in [0.1, 0.15) is 11.9 Å². The zero-order chi connectivity index (χ0) is 17.7. The largest absolute Gasteiger partial charge is 0.487 e. The van der Waals surface area contributed by atoms with Crippen molar-refractivity contribution in [2.45, 2.75) is 24.4 Å². The van der Waals surface area contributed by atoms with Gasteiger partial charge in [0, 0.05) is 36.0 Å². The first-order valence-corrected chi connectivity index (χ1v) is 9.18. The van der Waals surface area contributed by atoms with Gasteiger partial charge in [0.25, 0.3) is 0 Å². The summed E-state index contributed by atoms with van der Waals surface area (Å²) in [7, 11) is 0. The zero-order valence-corrected chi connectivity index (χ0v) is 14.9. The number of pyridine rings is 1. The molecule has 2 saturated heterocycles. The Morgan fingerprint density at radius 3 is 2.96 bits per heavy atom. The van der Waals surface area contributed by atoms with E-state index in [-0.39, 0.29) is 17.6 Å². The summed E-state index contributed by atoms with van der Waals surface area (Å²) in [5.74, 6) is 1.09. The quantitative estimate of drug-likeness (QED) is 0.798. The minimum Gasteiger partial charge on any atom is -0.487 e. The number of ether oxygens (including phenoxy) is 3. The van der Waals surface area contributed by atoms with Crippen LogP contribution in [-0.4, -0.2) is 37.3 Å². The molecule has 0 radical (unpaired) electrons. The summed E-state index contributed by atoms with van der Waals surface area (Å²) in [6, 6.07) is 8.08. The summed E-state index contributed by atoms with van der Waals surface area (Å²) in [5.41, 5.74) is 8.76. The van der Waals surface area contributed by atoms with Crippen molar-refractivity contribution < 1.29 is 14.2 Å². The number of benzene rings is 1. The average molecular weight is 374 g/mol. The molecule has 0 bridgehead atoms. The number of nitrogens with two attached hydrogens (primary N) is 1. The molecule has 6 nitrogen and oxygen atoms in total. The van der Waals surface area contributed by atoms with Crippen molar-refractivity contribution in [2.75, 3.05) is 19.8 Å². The average Bonchev–Trinajstić information content (AvgIpc) is 3.04. The van der Waals surface area contributed by atoms with Crippen LogP contribution in [0.5, 0.6) is 5.75 Å². The lowest BCUT2D eigenvalue weighted by molar-refractivity contribution is -0.0759. The Morgan fingerprint density at radius 1 is 1.23 bits per heavy atom. The SMILES string of the molecule is NC1N[C@@]2(CO1)c1cc(-c3cncc(Cl)c3)ccc1O[C@@H]1COCC[C@H]12. The molecule has 0 amide bonds. The molecule has 3 aliphatic heterocycles. The number of nitrogens with one attached hydrogen (secondary N) is 1. The molecule has 0 aliphatic carbocycles. The molecule has 3 aliphatic rings. The van der Waals surface area contributed by atoms with Crippen LogP contribution in [0.2, 0.25) is 5.02 Å². The van der Waals surface area contributed by atoms with Gasteiger partial charge in [0.2, 0.25) is 0 Å². The van der Waals surface area contributed by atoms with E-state index in [0.29, 0.717) is 18.2 Å². The fraction of sp³-hybridized carbons (Fsp3) is 0.421. The molecule has 0 saturated carbocycles. The molecule has 26 heavy (non-hydrogen) atoms. The third-order valence-electron chi connectivity index (χ3n) is 5.60. The molecule has 2 aromatic rings. The highest BCUT2D eigenvalue weighted by Gasteiger charge is 2.54. The summed E-state index contributed by atoms with van der Waals surface area (Å²) < 4.78 is 17.7. The summed E-state index contributed by atoms with van der Waals surface area (Å²) in [6.07, 6.45) is 3.85. The third-order valence-corrected chi connectivity index (χ3v) is 5.81. The molecule has 4 heterocycles. The van der Waals surface area contributed by atoms with Gasteiger partial charge in [-0.1, -0.05) is 17.7 Å². The first-order valence-electron chi connectivity index (χ1n) is 8.80. The number of aromatic nitrogens is 1. The smallest absolute Gasteiger partial charge is 0.161 e. The van der Waals surface area contributed by atoms with Gasteiger partial charge >= 0.3 is 0 Å². The number of fused-ring (bicyclic) bond motifs is 4. The van der Waals surface area contributed by atoms with Gasteiger partial charge in [-0.05, 0) is 30.2 Å². The van der Waals surface area contributed by atoms with Crippen LogP contribution in [0.3, 0.4) is 0 Å². The Kier molecular flexibility index (Phi) is 3.92. The van der Waals surface area contributed by atoms with Gasteiger partial charge in [-0.3, -0.25) is 16.0 Å². The first kappa shape index (κ1) is 16.5. The van der Waals surface area contributed by atoms with Crippen LogP contribution in [0.1, 0.15) is 12.0 Å². The molecule has 4 atom stereocenters. The second kappa shape index (κ2) is 6.18. The van der Waals surface area contributed by atoms with E-state index in [4.69, 9.17) is 31.5 Å². The van der Waals surface area contributed by atoms with Crippen molar-refractivity contribution in [3.63, 3.8) is 0 Å². The number of hydrogen-bond donors (Lipinski definition) is 2. The molecule has 1 aromatic heterocycles. The van der Waals surface area contributed by atoms with Crippen molar-refractivity contribution in [2.24, 2.45) is 11.7 Å². The van der Waals surface area contributed by atoms with Crippen LogP contribution in [0.25, 0.3) is 11.1 Å². The highest BCUT2D eigenvalue weighted by Crippen LogP contribution is 2.49. The van der Waals surface area contributed by atoms with Crippen molar-refractivity contribution in [3.8, 4) is 16.9 Å². The van der Waals surface area contributed by atoms with Crippen molar-refractivity contribution in [1.29, 1.82) is 0 Å². The van der Waals surface area contributed by atoms with Crippen molar-refractivity contribution in [3.05, 3.63) is 47.2 Å². The first-order chi connectivity index (χ1) is 12.7. The van der Waals surface area contributed by atoms with E-state index in [0.717, 1.165) is 35.5 Å². The summed E-state index contributed by atoms with van der Waals surface area (Å²) >= 11 is 6.12. The van der Waals surface area contributed by atoms with Gasteiger partial charge in [-0.2, -0.15) is 0 Å². The minimum atomic E-state index is -0.485. The second-order valence-electron chi connectivity index (χ2n) is 7.08. The van der Waals surface area contributed by atoms with Crippen LogP contribution >= 0.6 is 11.6 Å². The maximum absolute atomic E-state index is 6.27. The molecule has 136 valence electrons. The Hall–Kier alpha value is -1.70. The lowest BCUT2D eigenvalue weighted by Crippen LogP contribution is -2.59. The molecule has 7 heteroatoms. The van der Waals surface area contributed by atoms with Crippen LogP contribution in [0.4, 0.5) is 0 Å². The van der Waals surface area contributed by atoms with Crippen molar-refractivity contribution in [1.82, 2.24) is 10.3 Å². The molecule has 1 unspecified atom stereocenters. The van der Waals surface area contributed by atoms with Crippen molar-refractivity contribution >= 4 is 11.6 Å². The van der Waals surface area contributed by atoms with Gasteiger partial charge in [0.05, 0.1) is 23.8 Å². The Labute approximate surface area is 156 Å². The van der Waals surface area contributed by atoms with E-state index in [9.17, 15) is 0 Å². The molecule has 3 N–H and O–H groups in total. The number of nitrogens with zero attached hydrogens (tertiary/aromatic N) is 1. The summed E-state index contributed by atoms with van der Waals surface area (Å²) in [5, 5.41) is 4.10. The maximum Gasteiger partial charge on any atom is 0.161 e. The lowest BCUT2D eigenvalue weighted by atomic mass is 9.71. The van der Waals surface area contributed by atoms with E-state index >= 15 is 0 Å². The van der Waals surface area contributed by atoms with Crippen LogP contribution in [0.15, 0.2) is 36.7 Å². The van der Waals surface area contributed by atoms with Crippen LogP contribution < -0.4 is 15.8 Å². The molecule has 2 fully saturated rings. The molecule has 5 rings (SSSR count). The minimum absolute atomic E-state index is 0.00339. The number of hydrogen-bond acceptors (Lipinski definition) is 6. The lowest BCUT2D eigenvalue weighted by Gasteiger charge is -2.48. The van der Waals surface area contributed by atoms with E-state index in [2.05, 4.69) is 16.4 Å². The standard InChI is InChI=1S/C19H20ClN3O3/c20-13-5-12(7-22-8-13)11-1-2-16-15(6-11)19(10-25-18(21)23-19)14-3-4-24-9-17(14)26-16/h1-2,5-8,14,17-18,23H,3-4,9-10,21H2/t14-,17-,18?,19-/m1/s1. The van der Waals surface area contributed by atoms with E-state index < -0.39 is 6.35 Å². The Balaban J connectivity index is 1.64. The predicted molar refractivity (Wildman–Crippen MR) is 96.8 cm³/mol. The molecular weight excluding hydrogens is 354 g/mol. The second-order valence-corrected chi connectivity index (χ2v) is 7.51. The molecular formula is C19H20ClN3O3. The zero-order valence-electron chi connectivity index (χ0n) is 14.2. The monoisotopic (exact) mass is 373 g/mol.